The standard InChI is InChI=1S/C18H20ClN3O/c19-14-3-6-17(20-10-14)22-15-4-1-13(2-5-15)9-18-8-7-16(11-23-18)21-12-18/h1-6,10,16,21H,7-9,11-12H2,(H,20,22)/t16?,18-/m0/s1. The molecule has 23 heavy (non-hydrogen) atoms. The predicted molar refractivity (Wildman–Crippen MR) is 92.4 cm³/mol. The second-order valence-corrected chi connectivity index (χ2v) is 6.91. The van der Waals surface area contributed by atoms with Crippen molar-refractivity contribution in [1.29, 1.82) is 0 Å². The first-order chi connectivity index (χ1) is 11.2. The third-order valence-electron chi connectivity index (χ3n) is 4.73. The van der Waals surface area contributed by atoms with Crippen molar-refractivity contribution in [2.24, 2.45) is 0 Å². The van der Waals surface area contributed by atoms with Gasteiger partial charge < -0.3 is 15.4 Å². The Kier molecular flexibility index (Phi) is 3.97. The largest absolute Gasteiger partial charge is 0.372 e. The van der Waals surface area contributed by atoms with Gasteiger partial charge >= 0.3 is 0 Å². The number of hydrogen-bond acceptors (Lipinski definition) is 4. The average Bonchev–Trinajstić information content (AvgIpc) is 2.60. The number of piperidine rings is 1. The molecule has 2 atom stereocenters. The van der Waals surface area contributed by atoms with Crippen LogP contribution in [-0.4, -0.2) is 29.8 Å². The van der Waals surface area contributed by atoms with Crippen LogP contribution in [0.25, 0.3) is 0 Å². The Balaban J connectivity index is 1.42. The van der Waals surface area contributed by atoms with E-state index in [4.69, 9.17) is 16.3 Å². The normalized spacial score (nSPS) is 26.2. The van der Waals surface area contributed by atoms with Crippen molar-refractivity contribution in [2.45, 2.75) is 30.9 Å². The van der Waals surface area contributed by atoms with E-state index in [1.807, 2.05) is 12.1 Å². The lowest BCUT2D eigenvalue weighted by Crippen LogP contribution is -2.60. The van der Waals surface area contributed by atoms with Gasteiger partial charge in [0.05, 0.1) is 17.2 Å². The molecule has 5 rings (SSSR count). The Bertz CT molecular complexity index is 650. The number of fused-ring (bicyclic) bond motifs is 3. The molecule has 0 radical (unpaired) electrons. The van der Waals surface area contributed by atoms with Gasteiger partial charge in [-0.15, -0.1) is 0 Å². The Hall–Kier alpha value is -1.62. The average molecular weight is 330 g/mol. The Morgan fingerprint density at radius 3 is 2.74 bits per heavy atom. The van der Waals surface area contributed by atoms with Crippen molar-refractivity contribution < 1.29 is 4.74 Å². The number of halogens is 1. The highest BCUT2D eigenvalue weighted by atomic mass is 35.5. The quantitative estimate of drug-likeness (QED) is 0.900. The van der Waals surface area contributed by atoms with E-state index in [1.165, 1.54) is 12.0 Å². The third-order valence-corrected chi connectivity index (χ3v) is 4.96. The van der Waals surface area contributed by atoms with Crippen molar-refractivity contribution >= 4 is 23.1 Å². The number of pyridine rings is 1. The van der Waals surface area contributed by atoms with Gasteiger partial charge in [-0.3, -0.25) is 0 Å². The summed E-state index contributed by atoms with van der Waals surface area (Å²) in [6.45, 7) is 1.81. The van der Waals surface area contributed by atoms with Crippen molar-refractivity contribution in [3.8, 4) is 0 Å². The lowest BCUT2D eigenvalue weighted by atomic mass is 9.82. The predicted octanol–water partition coefficient (Wildman–Crippen LogP) is 3.54. The molecule has 0 aliphatic carbocycles. The first-order valence-corrected chi connectivity index (χ1v) is 8.44. The number of nitrogens with zero attached hydrogens (tertiary/aromatic N) is 1. The van der Waals surface area contributed by atoms with E-state index in [1.54, 1.807) is 6.20 Å². The highest BCUT2D eigenvalue weighted by molar-refractivity contribution is 6.30. The molecule has 0 saturated carbocycles. The van der Waals surface area contributed by atoms with E-state index in [0.29, 0.717) is 11.1 Å². The summed E-state index contributed by atoms with van der Waals surface area (Å²) in [5.41, 5.74) is 2.32. The van der Waals surface area contributed by atoms with Crippen molar-refractivity contribution in [1.82, 2.24) is 10.3 Å². The summed E-state index contributed by atoms with van der Waals surface area (Å²) >= 11 is 5.85. The van der Waals surface area contributed by atoms with E-state index >= 15 is 0 Å². The van der Waals surface area contributed by atoms with E-state index in [-0.39, 0.29) is 5.60 Å². The molecule has 4 nitrogen and oxygen atoms in total. The highest BCUT2D eigenvalue weighted by Crippen LogP contribution is 2.33. The lowest BCUT2D eigenvalue weighted by Gasteiger charge is -2.47. The maximum atomic E-state index is 6.10. The van der Waals surface area contributed by atoms with E-state index in [0.717, 1.165) is 37.5 Å². The summed E-state index contributed by atoms with van der Waals surface area (Å²) in [5, 5.41) is 7.49. The van der Waals surface area contributed by atoms with Gasteiger partial charge in [0, 0.05) is 30.9 Å². The topological polar surface area (TPSA) is 46.2 Å². The maximum absolute atomic E-state index is 6.10. The summed E-state index contributed by atoms with van der Waals surface area (Å²) in [6, 6.07) is 12.8. The minimum Gasteiger partial charge on any atom is -0.372 e. The van der Waals surface area contributed by atoms with Crippen LogP contribution >= 0.6 is 11.6 Å². The smallest absolute Gasteiger partial charge is 0.130 e. The van der Waals surface area contributed by atoms with Crippen LogP contribution in [0.4, 0.5) is 11.5 Å². The third kappa shape index (κ3) is 3.34. The molecule has 0 spiro atoms. The number of rotatable bonds is 4. The summed E-state index contributed by atoms with van der Waals surface area (Å²) in [4.78, 5) is 4.25. The van der Waals surface area contributed by atoms with Crippen LogP contribution in [0, 0.1) is 0 Å². The summed E-state index contributed by atoms with van der Waals surface area (Å²) in [5.74, 6) is 0.791. The molecule has 0 amide bonds. The number of hydrogen-bond donors (Lipinski definition) is 2. The minimum atomic E-state index is -0.0125. The fourth-order valence-electron chi connectivity index (χ4n) is 3.38. The number of ether oxygens (including phenoxy) is 1. The molecule has 4 heterocycles. The van der Waals surface area contributed by atoms with E-state index in [9.17, 15) is 0 Å². The molecule has 2 N–H and O–H groups in total. The van der Waals surface area contributed by atoms with Gasteiger partial charge in [-0.25, -0.2) is 4.98 Å². The second kappa shape index (κ2) is 6.11. The Labute approximate surface area is 141 Å². The van der Waals surface area contributed by atoms with Crippen molar-refractivity contribution in [3.05, 3.63) is 53.2 Å². The first-order valence-electron chi connectivity index (χ1n) is 8.06. The number of benzene rings is 1. The molecule has 3 aliphatic rings. The number of aromatic nitrogens is 1. The van der Waals surface area contributed by atoms with Crippen molar-refractivity contribution in [3.63, 3.8) is 0 Å². The lowest BCUT2D eigenvalue weighted by molar-refractivity contribution is -0.122. The maximum Gasteiger partial charge on any atom is 0.130 e. The SMILES string of the molecule is Clc1ccc(Nc2ccc(C[C@]34CCC(CO3)NC4)cc2)nc1. The van der Waals surface area contributed by atoms with Gasteiger partial charge in [-0.1, -0.05) is 23.7 Å². The van der Waals surface area contributed by atoms with Gasteiger partial charge in [0.15, 0.2) is 0 Å². The summed E-state index contributed by atoms with van der Waals surface area (Å²) in [7, 11) is 0. The van der Waals surface area contributed by atoms with Crippen LogP contribution in [0.5, 0.6) is 0 Å². The summed E-state index contributed by atoms with van der Waals surface area (Å²) < 4.78 is 6.10. The van der Waals surface area contributed by atoms with E-state index in [2.05, 4.69) is 39.9 Å². The van der Waals surface area contributed by atoms with Gasteiger partial charge in [0.2, 0.25) is 0 Å². The summed E-state index contributed by atoms with van der Waals surface area (Å²) in [6.07, 6.45) is 4.98. The highest BCUT2D eigenvalue weighted by Gasteiger charge is 2.41. The monoisotopic (exact) mass is 329 g/mol. The molecular weight excluding hydrogens is 310 g/mol. The molecule has 3 fully saturated rings. The molecule has 120 valence electrons. The Morgan fingerprint density at radius 1 is 1.26 bits per heavy atom. The van der Waals surface area contributed by atoms with Crippen LogP contribution in [0.3, 0.4) is 0 Å². The number of anilines is 2. The van der Waals surface area contributed by atoms with Crippen LogP contribution < -0.4 is 10.6 Å². The second-order valence-electron chi connectivity index (χ2n) is 6.47. The van der Waals surface area contributed by atoms with E-state index < -0.39 is 0 Å². The van der Waals surface area contributed by atoms with Gasteiger partial charge in [0.25, 0.3) is 0 Å². The molecular formula is C18H20ClN3O. The van der Waals surface area contributed by atoms with Crippen LogP contribution in [0.15, 0.2) is 42.6 Å². The van der Waals surface area contributed by atoms with Crippen LogP contribution in [-0.2, 0) is 11.2 Å². The first kappa shape index (κ1) is 14.9. The molecule has 3 aliphatic heterocycles. The fourth-order valence-corrected chi connectivity index (χ4v) is 3.49. The number of morpholine rings is 1. The zero-order chi connectivity index (χ0) is 15.7. The molecule has 2 bridgehead atoms. The molecule has 5 heteroatoms. The van der Waals surface area contributed by atoms with Gasteiger partial charge in [0.1, 0.15) is 5.82 Å². The zero-order valence-electron chi connectivity index (χ0n) is 12.9. The van der Waals surface area contributed by atoms with Crippen LogP contribution in [0.1, 0.15) is 18.4 Å². The molecule has 1 aromatic heterocycles. The van der Waals surface area contributed by atoms with Gasteiger partial charge in [-0.05, 0) is 42.7 Å². The number of nitrogens with one attached hydrogen (secondary N) is 2. The van der Waals surface area contributed by atoms with Crippen molar-refractivity contribution in [2.75, 3.05) is 18.5 Å². The molecule has 1 unspecified atom stereocenters. The fraction of sp³-hybridized carbons (Fsp3) is 0.389. The van der Waals surface area contributed by atoms with Crippen LogP contribution in [0.2, 0.25) is 5.02 Å². The molecule has 1 aromatic carbocycles. The van der Waals surface area contributed by atoms with Gasteiger partial charge in [-0.2, -0.15) is 0 Å². The zero-order valence-corrected chi connectivity index (χ0v) is 13.6. The molecule has 3 saturated heterocycles. The Morgan fingerprint density at radius 2 is 2.13 bits per heavy atom. The minimum absolute atomic E-state index is 0.0125. The molecule has 2 aromatic rings.